The Labute approximate surface area is 138 Å². The summed E-state index contributed by atoms with van der Waals surface area (Å²) in [6.45, 7) is 1.54. The molecule has 0 amide bonds. The average molecular weight is 417 g/mol. The van der Waals surface area contributed by atoms with Crippen molar-refractivity contribution in [3.63, 3.8) is 0 Å². The lowest BCUT2D eigenvalue weighted by atomic mass is 9.85. The SMILES string of the molecule is C[C@@]1(c2cc(Br)ccc2F)CCC(S(=O)(=O)C(F)(F)F)=C(N)N1. The Bertz CT molecular complexity index is 777. The fraction of sp³-hybridized carbons (Fsp3) is 0.385. The number of allylic oxidation sites excluding steroid dienone is 1. The zero-order valence-electron chi connectivity index (χ0n) is 11.8. The molecule has 2 rings (SSSR count). The number of nitrogens with two attached hydrogens (primary N) is 1. The summed E-state index contributed by atoms with van der Waals surface area (Å²) in [5.74, 6) is -1.19. The maximum atomic E-state index is 14.0. The van der Waals surface area contributed by atoms with Crippen LogP contribution in [0.25, 0.3) is 0 Å². The Morgan fingerprint density at radius 1 is 1.35 bits per heavy atom. The molecule has 0 saturated carbocycles. The van der Waals surface area contributed by atoms with E-state index in [1.807, 2.05) is 0 Å². The summed E-state index contributed by atoms with van der Waals surface area (Å²) in [7, 11) is -5.51. The molecule has 0 radical (unpaired) electrons. The predicted octanol–water partition coefficient (Wildman–Crippen LogP) is 3.25. The number of hydrogen-bond acceptors (Lipinski definition) is 4. The standard InChI is InChI=1S/C13H13BrF4N2O2S/c1-12(8-6-7(14)2-3-9(8)15)5-4-10(11(19)20-12)23(21,22)13(16,17)18/h2-3,6,20H,4-5,19H2,1H3/t12-/m0/s1. The molecule has 1 aromatic carbocycles. The van der Waals surface area contributed by atoms with Crippen LogP contribution in [0.15, 0.2) is 33.4 Å². The van der Waals surface area contributed by atoms with Gasteiger partial charge in [0, 0.05) is 10.0 Å². The van der Waals surface area contributed by atoms with Gasteiger partial charge in [-0.1, -0.05) is 15.9 Å². The molecule has 128 valence electrons. The summed E-state index contributed by atoms with van der Waals surface area (Å²) in [4.78, 5) is -0.919. The number of halogens is 5. The van der Waals surface area contributed by atoms with Crippen LogP contribution >= 0.6 is 15.9 Å². The highest BCUT2D eigenvalue weighted by Crippen LogP contribution is 2.40. The van der Waals surface area contributed by atoms with Crippen molar-refractivity contribution < 1.29 is 26.0 Å². The molecule has 1 aliphatic heterocycles. The van der Waals surface area contributed by atoms with Gasteiger partial charge >= 0.3 is 5.51 Å². The third kappa shape index (κ3) is 3.18. The smallest absolute Gasteiger partial charge is 0.385 e. The zero-order valence-corrected chi connectivity index (χ0v) is 14.2. The Kier molecular flexibility index (Phi) is 4.44. The first kappa shape index (κ1) is 18.1. The first-order valence-corrected chi connectivity index (χ1v) is 8.70. The van der Waals surface area contributed by atoms with Crippen molar-refractivity contribution in [1.82, 2.24) is 5.32 Å². The van der Waals surface area contributed by atoms with Crippen LogP contribution in [0.2, 0.25) is 0 Å². The van der Waals surface area contributed by atoms with E-state index in [2.05, 4.69) is 21.2 Å². The van der Waals surface area contributed by atoms with Crippen molar-refractivity contribution in [1.29, 1.82) is 0 Å². The number of rotatable bonds is 2. The second kappa shape index (κ2) is 5.66. The third-order valence-corrected chi connectivity index (χ3v) is 5.89. The first-order valence-electron chi connectivity index (χ1n) is 6.42. The third-order valence-electron chi connectivity index (χ3n) is 3.71. The average Bonchev–Trinajstić information content (AvgIpc) is 2.39. The number of benzene rings is 1. The summed E-state index contributed by atoms with van der Waals surface area (Å²) >= 11 is 3.19. The lowest BCUT2D eigenvalue weighted by molar-refractivity contribution is -0.0429. The van der Waals surface area contributed by atoms with Crippen molar-refractivity contribution in [2.24, 2.45) is 5.73 Å². The Morgan fingerprint density at radius 3 is 2.48 bits per heavy atom. The van der Waals surface area contributed by atoms with Gasteiger partial charge in [0.05, 0.1) is 10.4 Å². The number of nitrogens with one attached hydrogen (secondary N) is 1. The van der Waals surface area contributed by atoms with Crippen LogP contribution in [0.5, 0.6) is 0 Å². The van der Waals surface area contributed by atoms with Crippen LogP contribution in [0, 0.1) is 5.82 Å². The molecule has 4 nitrogen and oxygen atoms in total. The molecule has 0 aromatic heterocycles. The molecular formula is C13H13BrF4N2O2S. The highest BCUT2D eigenvalue weighted by Gasteiger charge is 2.51. The molecule has 0 aliphatic carbocycles. The topological polar surface area (TPSA) is 72.2 Å². The van der Waals surface area contributed by atoms with Gasteiger partial charge in [0.25, 0.3) is 9.84 Å². The maximum Gasteiger partial charge on any atom is 0.501 e. The van der Waals surface area contributed by atoms with Crippen molar-refractivity contribution in [2.45, 2.75) is 30.8 Å². The molecule has 0 fully saturated rings. The van der Waals surface area contributed by atoms with Crippen molar-refractivity contribution in [2.75, 3.05) is 0 Å². The van der Waals surface area contributed by atoms with Crippen molar-refractivity contribution in [3.05, 3.63) is 44.8 Å². The fourth-order valence-electron chi connectivity index (χ4n) is 2.47. The van der Waals surface area contributed by atoms with Crippen LogP contribution < -0.4 is 11.1 Å². The van der Waals surface area contributed by atoms with Gasteiger partial charge in [-0.2, -0.15) is 13.2 Å². The van der Waals surface area contributed by atoms with Gasteiger partial charge in [0.15, 0.2) is 0 Å². The number of sulfone groups is 1. The largest absolute Gasteiger partial charge is 0.501 e. The van der Waals surface area contributed by atoms with E-state index in [0.29, 0.717) is 4.47 Å². The van der Waals surface area contributed by atoms with E-state index in [1.54, 1.807) is 6.92 Å². The molecule has 3 N–H and O–H groups in total. The molecule has 0 bridgehead atoms. The van der Waals surface area contributed by atoms with Gasteiger partial charge in [-0.15, -0.1) is 0 Å². The van der Waals surface area contributed by atoms with Crippen LogP contribution in [0.4, 0.5) is 17.6 Å². The van der Waals surface area contributed by atoms with E-state index in [-0.39, 0.29) is 12.0 Å². The van der Waals surface area contributed by atoms with Crippen LogP contribution in [0.1, 0.15) is 25.3 Å². The van der Waals surface area contributed by atoms with E-state index in [9.17, 15) is 26.0 Å². The van der Waals surface area contributed by atoms with E-state index < -0.39 is 43.8 Å². The molecule has 10 heteroatoms. The summed E-state index contributed by atoms with van der Waals surface area (Å²) in [5.41, 5.74) is -0.853. The highest BCUT2D eigenvalue weighted by atomic mass is 79.9. The van der Waals surface area contributed by atoms with Gasteiger partial charge < -0.3 is 11.1 Å². The zero-order chi connectivity index (χ0) is 17.6. The molecule has 0 unspecified atom stereocenters. The quantitative estimate of drug-likeness (QED) is 0.725. The lowest BCUT2D eigenvalue weighted by Gasteiger charge is -2.37. The van der Waals surface area contributed by atoms with Crippen LogP contribution in [0.3, 0.4) is 0 Å². The van der Waals surface area contributed by atoms with Crippen LogP contribution in [-0.4, -0.2) is 13.9 Å². The molecule has 1 aromatic rings. The van der Waals surface area contributed by atoms with E-state index in [0.717, 1.165) is 0 Å². The summed E-state index contributed by atoms with van der Waals surface area (Å²) in [6, 6.07) is 4.15. The van der Waals surface area contributed by atoms with Gasteiger partial charge in [0.2, 0.25) is 0 Å². The molecule has 1 heterocycles. The summed E-state index contributed by atoms with van der Waals surface area (Å²) in [5, 5.41) is 2.52. The minimum atomic E-state index is -5.51. The second-order valence-electron chi connectivity index (χ2n) is 5.37. The Balaban J connectivity index is 2.46. The monoisotopic (exact) mass is 416 g/mol. The van der Waals surface area contributed by atoms with Gasteiger partial charge in [-0.25, -0.2) is 12.8 Å². The Morgan fingerprint density at radius 2 is 1.96 bits per heavy atom. The minimum absolute atomic E-state index is 0.0638. The minimum Gasteiger partial charge on any atom is -0.385 e. The molecule has 0 saturated heterocycles. The summed E-state index contributed by atoms with van der Waals surface area (Å²) < 4.78 is 75.6. The fourth-order valence-corrected chi connectivity index (χ4v) is 3.82. The molecular weight excluding hydrogens is 404 g/mol. The normalized spacial score (nSPS) is 22.9. The number of alkyl halides is 3. The Hall–Kier alpha value is -1.29. The van der Waals surface area contributed by atoms with Crippen molar-refractivity contribution in [3.8, 4) is 0 Å². The van der Waals surface area contributed by atoms with Gasteiger partial charge in [-0.3, -0.25) is 0 Å². The van der Waals surface area contributed by atoms with Gasteiger partial charge in [0.1, 0.15) is 11.6 Å². The van der Waals surface area contributed by atoms with E-state index >= 15 is 0 Å². The number of hydrogen-bond donors (Lipinski definition) is 2. The predicted molar refractivity (Wildman–Crippen MR) is 80.0 cm³/mol. The second-order valence-corrected chi connectivity index (χ2v) is 8.25. The molecule has 1 aliphatic rings. The first-order chi connectivity index (χ1) is 10.4. The van der Waals surface area contributed by atoms with E-state index in [4.69, 9.17) is 5.73 Å². The lowest BCUT2D eigenvalue weighted by Crippen LogP contribution is -2.47. The maximum absolute atomic E-state index is 14.0. The molecule has 23 heavy (non-hydrogen) atoms. The highest BCUT2D eigenvalue weighted by molar-refractivity contribution is 9.10. The molecule has 1 atom stereocenters. The summed E-state index contributed by atoms with van der Waals surface area (Å²) in [6.07, 6.45) is -0.505. The van der Waals surface area contributed by atoms with Gasteiger partial charge in [-0.05, 0) is 38.0 Å². The van der Waals surface area contributed by atoms with Crippen LogP contribution in [-0.2, 0) is 15.4 Å². The molecule has 0 spiro atoms. The van der Waals surface area contributed by atoms with E-state index in [1.165, 1.54) is 18.2 Å². The van der Waals surface area contributed by atoms with Crippen molar-refractivity contribution >= 4 is 25.8 Å².